The van der Waals surface area contributed by atoms with Gasteiger partial charge in [0.25, 0.3) is 0 Å². The molecule has 0 bridgehead atoms. The normalized spacial score (nSPS) is 11.1. The van der Waals surface area contributed by atoms with Crippen molar-refractivity contribution in [3.8, 4) is 11.5 Å². The molecule has 0 heterocycles. The highest BCUT2D eigenvalue weighted by Gasteiger charge is 2.18. The zero-order valence-electron chi connectivity index (χ0n) is 19.1. The Balaban J connectivity index is 1.67. The van der Waals surface area contributed by atoms with E-state index in [0.29, 0.717) is 34.6 Å². The number of rotatable bonds is 9. The third-order valence-corrected chi connectivity index (χ3v) is 5.47. The van der Waals surface area contributed by atoms with Crippen LogP contribution in [0.1, 0.15) is 42.2 Å². The lowest BCUT2D eigenvalue weighted by Crippen LogP contribution is -2.09. The summed E-state index contributed by atoms with van der Waals surface area (Å²) >= 11 is 0. The lowest BCUT2D eigenvalue weighted by molar-refractivity contribution is 0.0651. The van der Waals surface area contributed by atoms with Crippen LogP contribution in [0.4, 0.5) is 0 Å². The van der Waals surface area contributed by atoms with Gasteiger partial charge in [0.1, 0.15) is 11.5 Å². The summed E-state index contributed by atoms with van der Waals surface area (Å²) in [7, 11) is 0. The second kappa shape index (κ2) is 11.0. The number of carboxylic acids is 2. The fourth-order valence-electron chi connectivity index (χ4n) is 3.71. The molecule has 6 heteroatoms. The standard InChI is InChI=1S/C30H22O6/c31-28(22-12-14-25(15-13-22)36-24-9-5-2-6-10-24)23(17-20-7-3-1-4-8-20)18-21-11-16-26(29(32)33)27(19-21)30(34)35/h1-16,18-19H,17H2,(H,32,33)(H,34,35). The minimum absolute atomic E-state index is 0.232. The van der Waals surface area contributed by atoms with Crippen molar-refractivity contribution in [2.75, 3.05) is 0 Å². The molecule has 178 valence electrons. The van der Waals surface area contributed by atoms with Gasteiger partial charge in [-0.1, -0.05) is 54.6 Å². The number of hydrogen-bond donors (Lipinski definition) is 2. The Hall–Kier alpha value is -4.97. The van der Waals surface area contributed by atoms with Crippen molar-refractivity contribution in [2.24, 2.45) is 0 Å². The molecule has 0 amide bonds. The molecule has 6 nitrogen and oxygen atoms in total. The number of ketones is 1. The smallest absolute Gasteiger partial charge is 0.336 e. The fraction of sp³-hybridized carbons (Fsp3) is 0.0333. The van der Waals surface area contributed by atoms with E-state index in [9.17, 15) is 24.6 Å². The Morgan fingerprint density at radius 2 is 1.25 bits per heavy atom. The predicted molar refractivity (Wildman–Crippen MR) is 136 cm³/mol. The second-order valence-corrected chi connectivity index (χ2v) is 8.02. The summed E-state index contributed by atoms with van der Waals surface area (Å²) in [5.74, 6) is -1.65. The van der Waals surface area contributed by atoms with Gasteiger partial charge in [0.15, 0.2) is 5.78 Å². The summed E-state index contributed by atoms with van der Waals surface area (Å²) in [5.41, 5.74) is 1.53. The van der Waals surface area contributed by atoms with Crippen molar-refractivity contribution in [3.05, 3.63) is 137 Å². The summed E-state index contributed by atoms with van der Waals surface area (Å²) in [4.78, 5) is 36.5. The van der Waals surface area contributed by atoms with Crippen LogP contribution in [-0.4, -0.2) is 27.9 Å². The number of benzene rings is 4. The molecule has 4 aromatic rings. The summed E-state index contributed by atoms with van der Waals surface area (Å²) in [6.07, 6.45) is 1.91. The molecule has 0 saturated carbocycles. The van der Waals surface area contributed by atoms with Crippen LogP contribution >= 0.6 is 0 Å². The van der Waals surface area contributed by atoms with Crippen molar-refractivity contribution in [3.63, 3.8) is 0 Å². The van der Waals surface area contributed by atoms with E-state index in [1.807, 2.05) is 60.7 Å². The topological polar surface area (TPSA) is 101 Å². The van der Waals surface area contributed by atoms with Gasteiger partial charge in [-0.25, -0.2) is 9.59 Å². The number of para-hydroxylation sites is 1. The van der Waals surface area contributed by atoms with Gasteiger partial charge in [-0.15, -0.1) is 0 Å². The maximum Gasteiger partial charge on any atom is 0.336 e. The van der Waals surface area contributed by atoms with Gasteiger partial charge >= 0.3 is 11.9 Å². The maximum atomic E-state index is 13.5. The van der Waals surface area contributed by atoms with Gasteiger partial charge in [-0.2, -0.15) is 0 Å². The second-order valence-electron chi connectivity index (χ2n) is 8.02. The highest BCUT2D eigenvalue weighted by molar-refractivity contribution is 6.12. The average Bonchev–Trinajstić information content (AvgIpc) is 2.89. The molecule has 0 aliphatic rings. The highest BCUT2D eigenvalue weighted by Crippen LogP contribution is 2.24. The molecule has 0 saturated heterocycles. The van der Waals surface area contributed by atoms with Crippen LogP contribution in [-0.2, 0) is 6.42 Å². The molecule has 0 atom stereocenters. The molecule has 36 heavy (non-hydrogen) atoms. The molecule has 0 fully saturated rings. The van der Waals surface area contributed by atoms with Gasteiger partial charge in [0.05, 0.1) is 11.1 Å². The van der Waals surface area contributed by atoms with E-state index in [1.165, 1.54) is 18.2 Å². The monoisotopic (exact) mass is 478 g/mol. The van der Waals surface area contributed by atoms with Gasteiger partial charge < -0.3 is 14.9 Å². The molecule has 0 aliphatic heterocycles. The maximum absolute atomic E-state index is 13.5. The molecule has 2 N–H and O–H groups in total. The number of carbonyl (C=O) groups excluding carboxylic acids is 1. The van der Waals surface area contributed by atoms with Crippen LogP contribution in [0.15, 0.2) is 109 Å². The quantitative estimate of drug-likeness (QED) is 0.214. The molecule has 4 aromatic carbocycles. The lowest BCUT2D eigenvalue weighted by Gasteiger charge is -2.10. The van der Waals surface area contributed by atoms with E-state index >= 15 is 0 Å². The van der Waals surface area contributed by atoms with Gasteiger partial charge in [0, 0.05) is 17.6 Å². The number of allylic oxidation sites excluding steroid dienone is 1. The number of carbonyl (C=O) groups is 3. The average molecular weight is 479 g/mol. The summed E-state index contributed by atoms with van der Waals surface area (Å²) in [5, 5.41) is 18.8. The molecule has 0 spiro atoms. The molecule has 0 unspecified atom stereocenters. The van der Waals surface area contributed by atoms with Crippen LogP contribution in [0.3, 0.4) is 0 Å². The van der Waals surface area contributed by atoms with Crippen LogP contribution < -0.4 is 4.74 Å². The highest BCUT2D eigenvalue weighted by atomic mass is 16.5. The first-order valence-electron chi connectivity index (χ1n) is 11.1. The van der Waals surface area contributed by atoms with Crippen molar-refractivity contribution in [2.45, 2.75) is 6.42 Å². The summed E-state index contributed by atoms with van der Waals surface area (Å²) in [6, 6.07) is 29.5. The number of ether oxygens (including phenoxy) is 1. The SMILES string of the molecule is O=C(C(=Cc1ccc(C(=O)O)c(C(=O)O)c1)Cc1ccccc1)c1ccc(Oc2ccccc2)cc1. The van der Waals surface area contributed by atoms with Gasteiger partial charge in [-0.05, 0) is 65.7 Å². The number of Topliss-reactive ketones (excluding diaryl/α,β-unsaturated/α-hetero) is 1. The Labute approximate surface area is 207 Å². The van der Waals surface area contributed by atoms with Crippen molar-refractivity contribution < 1.29 is 29.3 Å². The number of carboxylic acid groups (broad SMARTS) is 2. The first-order chi connectivity index (χ1) is 17.4. The fourth-order valence-corrected chi connectivity index (χ4v) is 3.71. The summed E-state index contributed by atoms with van der Waals surface area (Å²) in [6.45, 7) is 0. The molecular weight excluding hydrogens is 456 g/mol. The lowest BCUT2D eigenvalue weighted by atomic mass is 9.94. The van der Waals surface area contributed by atoms with Crippen LogP contribution in [0.5, 0.6) is 11.5 Å². The predicted octanol–water partition coefficient (Wildman–Crippen LogP) is 6.38. The Bertz CT molecular complexity index is 1420. The van der Waals surface area contributed by atoms with E-state index in [1.54, 1.807) is 30.3 Å². The number of hydrogen-bond acceptors (Lipinski definition) is 4. The molecule has 0 aromatic heterocycles. The summed E-state index contributed by atoms with van der Waals surface area (Å²) < 4.78 is 5.80. The van der Waals surface area contributed by atoms with Crippen molar-refractivity contribution >= 4 is 23.8 Å². The number of aromatic carboxylic acids is 2. The third kappa shape index (κ3) is 5.93. The largest absolute Gasteiger partial charge is 0.478 e. The zero-order valence-corrected chi connectivity index (χ0v) is 19.1. The molecule has 4 rings (SSSR count). The van der Waals surface area contributed by atoms with E-state index < -0.39 is 11.9 Å². The first kappa shape index (κ1) is 24.2. The Morgan fingerprint density at radius 1 is 0.667 bits per heavy atom. The van der Waals surface area contributed by atoms with E-state index in [4.69, 9.17) is 4.74 Å². The van der Waals surface area contributed by atoms with Crippen molar-refractivity contribution in [1.82, 2.24) is 0 Å². The molecular formula is C30H22O6. The third-order valence-electron chi connectivity index (χ3n) is 5.47. The van der Waals surface area contributed by atoms with E-state index in [2.05, 4.69) is 0 Å². The van der Waals surface area contributed by atoms with Gasteiger partial charge in [-0.3, -0.25) is 4.79 Å². The van der Waals surface area contributed by atoms with Crippen LogP contribution in [0, 0.1) is 0 Å². The van der Waals surface area contributed by atoms with Gasteiger partial charge in [0.2, 0.25) is 0 Å². The van der Waals surface area contributed by atoms with Crippen LogP contribution in [0.25, 0.3) is 6.08 Å². The Kier molecular flexibility index (Phi) is 7.36. The minimum Gasteiger partial charge on any atom is -0.478 e. The van der Waals surface area contributed by atoms with Crippen molar-refractivity contribution in [1.29, 1.82) is 0 Å². The van der Waals surface area contributed by atoms with E-state index in [0.717, 1.165) is 5.56 Å². The zero-order chi connectivity index (χ0) is 25.5. The minimum atomic E-state index is -1.35. The van der Waals surface area contributed by atoms with Crippen LogP contribution in [0.2, 0.25) is 0 Å². The van der Waals surface area contributed by atoms with E-state index in [-0.39, 0.29) is 16.9 Å². The molecule has 0 radical (unpaired) electrons. The first-order valence-corrected chi connectivity index (χ1v) is 11.1. The molecule has 0 aliphatic carbocycles. The Morgan fingerprint density at radius 3 is 1.86 bits per heavy atom.